The summed E-state index contributed by atoms with van der Waals surface area (Å²) in [7, 11) is 1.59. The molecule has 1 heterocycles. The van der Waals surface area contributed by atoms with E-state index in [1.165, 1.54) is 0 Å². The number of cyclic esters (lactones) is 1. The first-order valence-corrected chi connectivity index (χ1v) is 8.71. The molecular formula is C21H21NO5. The third-order valence-electron chi connectivity index (χ3n) is 3.81. The smallest absolute Gasteiger partial charge is 0.363 e. The lowest BCUT2D eigenvalue weighted by Crippen LogP contribution is -2.06. The van der Waals surface area contributed by atoms with E-state index in [1.807, 2.05) is 38.1 Å². The van der Waals surface area contributed by atoms with Crippen LogP contribution < -0.4 is 14.2 Å². The first kappa shape index (κ1) is 18.5. The van der Waals surface area contributed by atoms with Crippen molar-refractivity contribution in [2.75, 3.05) is 20.3 Å². The molecule has 0 aromatic heterocycles. The summed E-state index contributed by atoms with van der Waals surface area (Å²) in [6.07, 6.45) is 1.66. The van der Waals surface area contributed by atoms with Gasteiger partial charge in [-0.05, 0) is 55.8 Å². The van der Waals surface area contributed by atoms with Crippen LogP contribution in [-0.2, 0) is 9.53 Å². The van der Waals surface area contributed by atoms with Gasteiger partial charge in [0, 0.05) is 5.56 Å². The van der Waals surface area contributed by atoms with Crippen molar-refractivity contribution in [1.29, 1.82) is 0 Å². The van der Waals surface area contributed by atoms with Gasteiger partial charge < -0.3 is 18.9 Å². The molecule has 0 fully saturated rings. The Hall–Kier alpha value is -3.28. The highest BCUT2D eigenvalue weighted by molar-refractivity contribution is 6.13. The topological polar surface area (TPSA) is 66.4 Å². The second-order valence-electron chi connectivity index (χ2n) is 5.64. The van der Waals surface area contributed by atoms with Gasteiger partial charge in [0.2, 0.25) is 5.90 Å². The molecule has 2 aromatic rings. The predicted octanol–water partition coefficient (Wildman–Crippen LogP) is 3.84. The maximum absolute atomic E-state index is 12.2. The SMILES string of the molecule is CCOc1ccc(C2=N/C(=C\c3cccc(OC)c3)C(=O)O2)cc1OCC. The van der Waals surface area contributed by atoms with Crippen molar-refractivity contribution in [1.82, 2.24) is 0 Å². The molecule has 0 aliphatic carbocycles. The second-order valence-corrected chi connectivity index (χ2v) is 5.64. The summed E-state index contributed by atoms with van der Waals surface area (Å²) in [6.45, 7) is 4.83. The standard InChI is InChI=1S/C21H21NO5/c1-4-25-18-10-9-15(13-19(18)26-5-2)20-22-17(21(23)27-20)12-14-7-6-8-16(11-14)24-3/h6-13H,4-5H2,1-3H3/b17-12-. The van der Waals surface area contributed by atoms with Crippen molar-refractivity contribution in [2.24, 2.45) is 4.99 Å². The molecule has 0 bridgehead atoms. The third-order valence-corrected chi connectivity index (χ3v) is 3.81. The first-order chi connectivity index (χ1) is 13.1. The van der Waals surface area contributed by atoms with E-state index in [9.17, 15) is 4.79 Å². The Kier molecular flexibility index (Phi) is 5.76. The Morgan fingerprint density at radius 2 is 1.81 bits per heavy atom. The molecule has 0 unspecified atom stereocenters. The Morgan fingerprint density at radius 1 is 1.04 bits per heavy atom. The summed E-state index contributed by atoms with van der Waals surface area (Å²) in [5.41, 5.74) is 1.67. The Labute approximate surface area is 158 Å². The fourth-order valence-electron chi connectivity index (χ4n) is 2.61. The number of carbonyl (C=O) groups is 1. The highest BCUT2D eigenvalue weighted by Crippen LogP contribution is 2.30. The molecule has 0 saturated carbocycles. The Balaban J connectivity index is 1.91. The minimum atomic E-state index is -0.500. The number of nitrogens with zero attached hydrogens (tertiary/aromatic N) is 1. The van der Waals surface area contributed by atoms with E-state index < -0.39 is 5.97 Å². The lowest BCUT2D eigenvalue weighted by Gasteiger charge is -2.11. The number of aliphatic imine (C=N–C) groups is 1. The van der Waals surface area contributed by atoms with Gasteiger partial charge in [-0.25, -0.2) is 9.79 Å². The number of benzene rings is 2. The summed E-state index contributed by atoms with van der Waals surface area (Å²) in [6, 6.07) is 12.7. The molecule has 3 rings (SSSR count). The van der Waals surface area contributed by atoms with Gasteiger partial charge in [0.1, 0.15) is 5.75 Å². The predicted molar refractivity (Wildman–Crippen MR) is 102 cm³/mol. The van der Waals surface area contributed by atoms with Crippen LogP contribution >= 0.6 is 0 Å². The highest BCUT2D eigenvalue weighted by Gasteiger charge is 2.25. The lowest BCUT2D eigenvalue weighted by molar-refractivity contribution is -0.129. The highest BCUT2D eigenvalue weighted by atomic mass is 16.6. The lowest BCUT2D eigenvalue weighted by atomic mass is 10.2. The molecule has 27 heavy (non-hydrogen) atoms. The molecular weight excluding hydrogens is 346 g/mol. The van der Waals surface area contributed by atoms with Crippen LogP contribution in [0.1, 0.15) is 25.0 Å². The molecule has 0 spiro atoms. The fraction of sp³-hybridized carbons (Fsp3) is 0.238. The van der Waals surface area contributed by atoms with Crippen LogP contribution in [0, 0.1) is 0 Å². The van der Waals surface area contributed by atoms with Crippen LogP contribution in [0.3, 0.4) is 0 Å². The maximum atomic E-state index is 12.2. The summed E-state index contributed by atoms with van der Waals surface area (Å²) in [4.78, 5) is 16.5. The van der Waals surface area contributed by atoms with E-state index in [4.69, 9.17) is 18.9 Å². The molecule has 2 aromatic carbocycles. The molecule has 1 aliphatic heterocycles. The monoisotopic (exact) mass is 367 g/mol. The first-order valence-electron chi connectivity index (χ1n) is 8.71. The van der Waals surface area contributed by atoms with Gasteiger partial charge in [-0.3, -0.25) is 0 Å². The van der Waals surface area contributed by atoms with E-state index in [0.717, 1.165) is 5.56 Å². The van der Waals surface area contributed by atoms with Crippen molar-refractivity contribution in [3.05, 3.63) is 59.3 Å². The minimum absolute atomic E-state index is 0.227. The van der Waals surface area contributed by atoms with Gasteiger partial charge in [0.15, 0.2) is 17.2 Å². The summed E-state index contributed by atoms with van der Waals surface area (Å²) >= 11 is 0. The van der Waals surface area contributed by atoms with Gasteiger partial charge in [-0.15, -0.1) is 0 Å². The van der Waals surface area contributed by atoms with Crippen LogP contribution in [0.2, 0.25) is 0 Å². The van der Waals surface area contributed by atoms with Crippen LogP contribution in [0.25, 0.3) is 6.08 Å². The number of carbonyl (C=O) groups excluding carboxylic acids is 1. The quantitative estimate of drug-likeness (QED) is 0.549. The van der Waals surface area contributed by atoms with Gasteiger partial charge >= 0.3 is 5.97 Å². The van der Waals surface area contributed by atoms with Crippen molar-refractivity contribution >= 4 is 17.9 Å². The van der Waals surface area contributed by atoms with Gasteiger partial charge in [-0.2, -0.15) is 0 Å². The van der Waals surface area contributed by atoms with Crippen molar-refractivity contribution in [2.45, 2.75) is 13.8 Å². The number of rotatable bonds is 7. The fourth-order valence-corrected chi connectivity index (χ4v) is 2.61. The minimum Gasteiger partial charge on any atom is -0.497 e. The van der Waals surface area contributed by atoms with E-state index in [0.29, 0.717) is 36.0 Å². The number of hydrogen-bond acceptors (Lipinski definition) is 6. The molecule has 0 atom stereocenters. The van der Waals surface area contributed by atoms with Crippen molar-refractivity contribution in [3.8, 4) is 17.2 Å². The van der Waals surface area contributed by atoms with E-state index in [-0.39, 0.29) is 11.6 Å². The molecule has 140 valence electrons. The maximum Gasteiger partial charge on any atom is 0.363 e. The summed E-state index contributed by atoms with van der Waals surface area (Å²) in [5, 5.41) is 0. The van der Waals surface area contributed by atoms with Crippen LogP contribution in [0.15, 0.2) is 53.2 Å². The van der Waals surface area contributed by atoms with Crippen LogP contribution in [-0.4, -0.2) is 32.2 Å². The number of methoxy groups -OCH3 is 1. The average Bonchev–Trinajstić information content (AvgIpc) is 3.04. The molecule has 6 heteroatoms. The largest absolute Gasteiger partial charge is 0.497 e. The molecule has 6 nitrogen and oxygen atoms in total. The van der Waals surface area contributed by atoms with Gasteiger partial charge in [0.05, 0.1) is 20.3 Å². The van der Waals surface area contributed by atoms with Crippen molar-refractivity contribution in [3.63, 3.8) is 0 Å². The molecule has 1 aliphatic rings. The van der Waals surface area contributed by atoms with Crippen molar-refractivity contribution < 1.29 is 23.7 Å². The Morgan fingerprint density at radius 3 is 2.56 bits per heavy atom. The normalized spacial score (nSPS) is 14.7. The molecule has 0 N–H and O–H groups in total. The van der Waals surface area contributed by atoms with E-state index in [1.54, 1.807) is 31.4 Å². The van der Waals surface area contributed by atoms with Crippen LogP contribution in [0.4, 0.5) is 0 Å². The zero-order valence-corrected chi connectivity index (χ0v) is 15.5. The number of hydrogen-bond donors (Lipinski definition) is 0. The Bertz CT molecular complexity index is 901. The van der Waals surface area contributed by atoms with E-state index >= 15 is 0 Å². The molecule has 0 radical (unpaired) electrons. The molecule has 0 saturated heterocycles. The van der Waals surface area contributed by atoms with Gasteiger partial charge in [0.25, 0.3) is 0 Å². The van der Waals surface area contributed by atoms with Crippen LogP contribution in [0.5, 0.6) is 17.2 Å². The third kappa shape index (κ3) is 4.28. The molecule has 0 amide bonds. The summed E-state index contributed by atoms with van der Waals surface area (Å²) in [5.74, 6) is 1.66. The van der Waals surface area contributed by atoms with Gasteiger partial charge in [-0.1, -0.05) is 12.1 Å². The second kappa shape index (κ2) is 8.40. The number of ether oxygens (including phenoxy) is 4. The summed E-state index contributed by atoms with van der Waals surface area (Å²) < 4.78 is 21.7. The average molecular weight is 367 g/mol. The zero-order valence-electron chi connectivity index (χ0n) is 15.5. The zero-order chi connectivity index (χ0) is 19.2. The number of esters is 1. The van der Waals surface area contributed by atoms with E-state index in [2.05, 4.69) is 4.99 Å².